The Morgan fingerprint density at radius 2 is 0.966 bits per heavy atom. The van der Waals surface area contributed by atoms with Crippen LogP contribution in [0.4, 0.5) is 0 Å². The molecule has 1 fully saturated rings. The number of carbonyl (C=O) groups is 2. The fourth-order valence-corrected chi connectivity index (χ4v) is 7.83. The molecule has 0 aromatic carbocycles. The fourth-order valence-electron chi connectivity index (χ4n) is 6.85. The van der Waals surface area contributed by atoms with Crippen LogP contribution in [0.3, 0.4) is 0 Å². The van der Waals surface area contributed by atoms with E-state index in [4.69, 9.17) is 18.5 Å². The number of aliphatic hydroxyl groups is 5. The Kier molecular flexibility index (Phi) is 32.8. The van der Waals surface area contributed by atoms with Gasteiger partial charge in [0.1, 0.15) is 43.2 Å². The van der Waals surface area contributed by atoms with Crippen LogP contribution in [0.2, 0.25) is 0 Å². The van der Waals surface area contributed by atoms with Gasteiger partial charge in [-0.3, -0.25) is 18.6 Å². The lowest BCUT2D eigenvalue weighted by Gasteiger charge is -2.41. The maximum atomic E-state index is 12.8. The van der Waals surface area contributed by atoms with Gasteiger partial charge in [-0.05, 0) is 38.5 Å². The first-order valence-electron chi connectivity index (χ1n) is 22.6. The fraction of sp³-hybridized carbons (Fsp3) is 0.864. The minimum Gasteiger partial charge on any atom is -0.462 e. The molecule has 14 heteroatoms. The first-order valence-corrected chi connectivity index (χ1v) is 24.1. The molecule has 0 amide bonds. The third-order valence-electron chi connectivity index (χ3n) is 10.5. The molecule has 1 aliphatic carbocycles. The first kappa shape index (κ1) is 54.3. The first-order chi connectivity index (χ1) is 27.9. The van der Waals surface area contributed by atoms with Gasteiger partial charge in [0.15, 0.2) is 6.10 Å². The molecule has 1 saturated carbocycles. The van der Waals surface area contributed by atoms with E-state index in [1.807, 2.05) is 0 Å². The zero-order valence-corrected chi connectivity index (χ0v) is 36.7. The average molecular weight is 849 g/mol. The van der Waals surface area contributed by atoms with Crippen LogP contribution >= 0.6 is 7.82 Å². The van der Waals surface area contributed by atoms with Gasteiger partial charge in [-0.1, -0.05) is 160 Å². The third-order valence-corrected chi connectivity index (χ3v) is 11.5. The van der Waals surface area contributed by atoms with Crippen molar-refractivity contribution in [2.24, 2.45) is 0 Å². The summed E-state index contributed by atoms with van der Waals surface area (Å²) in [5, 5.41) is 50.1. The molecule has 0 radical (unpaired) electrons. The summed E-state index contributed by atoms with van der Waals surface area (Å²) in [5.74, 6) is -1.11. The van der Waals surface area contributed by atoms with E-state index in [9.17, 15) is 44.6 Å². The number of hydrogen-bond donors (Lipinski definition) is 6. The number of unbranched alkanes of at least 4 members (excludes halogenated alkanes) is 21. The molecule has 0 aromatic rings. The Hall–Kier alpha value is -1.67. The quantitative estimate of drug-likeness (QED) is 0.0150. The predicted molar refractivity (Wildman–Crippen MR) is 226 cm³/mol. The highest BCUT2D eigenvalue weighted by Crippen LogP contribution is 2.47. The molecule has 6 N–H and O–H groups in total. The van der Waals surface area contributed by atoms with Gasteiger partial charge in [-0.25, -0.2) is 4.57 Å². The molecule has 1 rings (SSSR count). The predicted octanol–water partition coefficient (Wildman–Crippen LogP) is 8.45. The second kappa shape index (κ2) is 35.0. The molecule has 0 heterocycles. The smallest absolute Gasteiger partial charge is 0.462 e. The highest BCUT2D eigenvalue weighted by atomic mass is 31.2. The lowest BCUT2D eigenvalue weighted by molar-refractivity contribution is -0.220. The van der Waals surface area contributed by atoms with E-state index in [1.54, 1.807) is 0 Å². The highest BCUT2D eigenvalue weighted by Gasteiger charge is 2.51. The Morgan fingerprint density at radius 1 is 0.534 bits per heavy atom. The third kappa shape index (κ3) is 27.2. The molecule has 58 heavy (non-hydrogen) atoms. The molecule has 0 spiro atoms. The lowest BCUT2D eigenvalue weighted by atomic mass is 9.85. The minimum atomic E-state index is -5.12. The van der Waals surface area contributed by atoms with Crippen molar-refractivity contribution in [3.63, 3.8) is 0 Å². The van der Waals surface area contributed by atoms with Crippen LogP contribution in [0, 0.1) is 0 Å². The Labute approximate surface area is 349 Å². The second-order valence-electron chi connectivity index (χ2n) is 15.9. The van der Waals surface area contributed by atoms with Gasteiger partial charge in [-0.2, -0.15) is 0 Å². The van der Waals surface area contributed by atoms with E-state index in [0.29, 0.717) is 12.8 Å². The van der Waals surface area contributed by atoms with Gasteiger partial charge >= 0.3 is 19.8 Å². The van der Waals surface area contributed by atoms with E-state index in [-0.39, 0.29) is 12.8 Å². The topological polar surface area (TPSA) is 210 Å². The maximum absolute atomic E-state index is 12.8. The summed E-state index contributed by atoms with van der Waals surface area (Å²) in [6.07, 6.45) is 23.8. The van der Waals surface area contributed by atoms with Crippen molar-refractivity contribution in [3.05, 3.63) is 24.3 Å². The van der Waals surface area contributed by atoms with Crippen molar-refractivity contribution in [1.29, 1.82) is 0 Å². The van der Waals surface area contributed by atoms with Crippen LogP contribution in [0.1, 0.15) is 187 Å². The number of phosphoric acid groups is 1. The van der Waals surface area contributed by atoms with Gasteiger partial charge in [0.2, 0.25) is 0 Å². The summed E-state index contributed by atoms with van der Waals surface area (Å²) < 4.78 is 33.5. The molecule has 0 aromatic heterocycles. The van der Waals surface area contributed by atoms with Gasteiger partial charge in [0, 0.05) is 12.8 Å². The van der Waals surface area contributed by atoms with Gasteiger partial charge in [-0.15, -0.1) is 0 Å². The maximum Gasteiger partial charge on any atom is 0.472 e. The molecular formula is C44H81O13P. The summed E-state index contributed by atoms with van der Waals surface area (Å²) in [6.45, 7) is 3.22. The Bertz CT molecular complexity index is 1120. The summed E-state index contributed by atoms with van der Waals surface area (Å²) >= 11 is 0. The van der Waals surface area contributed by atoms with E-state index >= 15 is 0 Å². The standard InChI is InChI=1S/C44H81O13P/c1-3-5-7-9-11-13-15-17-18-19-21-22-24-26-28-30-32-37(45)54-34-36(35-55-58(52,53)57-44-42(50)40(48)39(47)41(49)43(44)51)56-38(46)33-31-29-27-25-23-20-16-14-12-10-8-6-4-2/h8,10,14,16,36,39-44,47-51H,3-7,9,11-13,15,17-35H2,1-2H3,(H,52,53)/b10-8-,16-14-. The van der Waals surface area contributed by atoms with Crippen molar-refractivity contribution in [1.82, 2.24) is 0 Å². The van der Waals surface area contributed by atoms with Crippen molar-refractivity contribution >= 4 is 19.8 Å². The normalized spacial score (nSPS) is 22.7. The van der Waals surface area contributed by atoms with Crippen LogP contribution in [-0.4, -0.2) is 98.3 Å². The summed E-state index contributed by atoms with van der Waals surface area (Å²) in [7, 11) is -5.12. The van der Waals surface area contributed by atoms with Crippen molar-refractivity contribution in [2.45, 2.75) is 230 Å². The van der Waals surface area contributed by atoms with Gasteiger partial charge in [0.05, 0.1) is 6.61 Å². The molecule has 340 valence electrons. The lowest BCUT2D eigenvalue weighted by Crippen LogP contribution is -2.64. The average Bonchev–Trinajstić information content (AvgIpc) is 3.20. The van der Waals surface area contributed by atoms with E-state index < -0.39 is 75.7 Å². The number of carbonyl (C=O) groups excluding carboxylic acids is 2. The largest absolute Gasteiger partial charge is 0.472 e. The van der Waals surface area contributed by atoms with Crippen LogP contribution < -0.4 is 0 Å². The van der Waals surface area contributed by atoms with Crippen molar-refractivity contribution in [3.8, 4) is 0 Å². The van der Waals surface area contributed by atoms with Gasteiger partial charge in [0.25, 0.3) is 0 Å². The Morgan fingerprint density at radius 3 is 1.47 bits per heavy atom. The molecule has 1 aliphatic rings. The van der Waals surface area contributed by atoms with E-state index in [2.05, 4.69) is 38.2 Å². The second-order valence-corrected chi connectivity index (χ2v) is 17.3. The zero-order chi connectivity index (χ0) is 42.9. The number of hydrogen-bond acceptors (Lipinski definition) is 12. The number of esters is 2. The summed E-state index contributed by atoms with van der Waals surface area (Å²) in [5.41, 5.74) is 0. The molecule has 0 bridgehead atoms. The number of ether oxygens (including phenoxy) is 2. The number of allylic oxidation sites excluding steroid dienone is 4. The van der Waals surface area contributed by atoms with Crippen LogP contribution in [0.15, 0.2) is 24.3 Å². The molecule has 0 saturated heterocycles. The summed E-state index contributed by atoms with van der Waals surface area (Å²) in [6, 6.07) is 0. The van der Waals surface area contributed by atoms with Crippen LogP contribution in [-0.2, 0) is 32.7 Å². The van der Waals surface area contributed by atoms with Crippen LogP contribution in [0.5, 0.6) is 0 Å². The van der Waals surface area contributed by atoms with Crippen molar-refractivity contribution < 1.29 is 63.1 Å². The molecule has 6 unspecified atom stereocenters. The molecular weight excluding hydrogens is 767 g/mol. The number of rotatable bonds is 37. The zero-order valence-electron chi connectivity index (χ0n) is 35.8. The molecule has 0 aliphatic heterocycles. The molecule has 6 atom stereocenters. The summed E-state index contributed by atoms with van der Waals surface area (Å²) in [4.78, 5) is 35.6. The highest BCUT2D eigenvalue weighted by molar-refractivity contribution is 7.47. The van der Waals surface area contributed by atoms with Crippen LogP contribution in [0.25, 0.3) is 0 Å². The number of aliphatic hydroxyl groups excluding tert-OH is 5. The minimum absolute atomic E-state index is 0.0828. The SMILES string of the molecule is CCC/C=C\C/C=C\CCCCCCCC(=O)OC(COC(=O)CCCCCCCCCCCCCCCCCC)COP(=O)(O)OC1C(O)C(O)C(O)C(O)C1O. The van der Waals surface area contributed by atoms with E-state index in [0.717, 1.165) is 70.6 Å². The number of phosphoric ester groups is 1. The Balaban J connectivity index is 2.46. The van der Waals surface area contributed by atoms with E-state index in [1.165, 1.54) is 77.0 Å². The molecule has 13 nitrogen and oxygen atoms in total. The van der Waals surface area contributed by atoms with Crippen molar-refractivity contribution in [2.75, 3.05) is 13.2 Å². The van der Waals surface area contributed by atoms with Gasteiger partial charge < -0.3 is 39.9 Å². The monoisotopic (exact) mass is 849 g/mol.